The summed E-state index contributed by atoms with van der Waals surface area (Å²) < 4.78 is 0. The van der Waals surface area contributed by atoms with E-state index in [4.69, 9.17) is 0 Å². The minimum Gasteiger partial charge on any atom is -0.340 e. The molecule has 1 aromatic heterocycles. The van der Waals surface area contributed by atoms with E-state index in [1.807, 2.05) is 11.9 Å². The van der Waals surface area contributed by atoms with Crippen molar-refractivity contribution in [3.05, 3.63) is 21.9 Å². The minimum atomic E-state index is 0. The summed E-state index contributed by atoms with van der Waals surface area (Å²) in [5, 5.41) is 3.29. The predicted octanol–water partition coefficient (Wildman–Crippen LogP) is 2.44. The Bertz CT molecular complexity index is 388. The van der Waals surface area contributed by atoms with Crippen molar-refractivity contribution in [1.29, 1.82) is 0 Å². The van der Waals surface area contributed by atoms with E-state index >= 15 is 0 Å². The Labute approximate surface area is 119 Å². The first-order valence-corrected chi connectivity index (χ1v) is 6.99. The summed E-state index contributed by atoms with van der Waals surface area (Å²) in [6.07, 6.45) is 2.14. The average molecular weight is 289 g/mol. The second kappa shape index (κ2) is 7.12. The van der Waals surface area contributed by atoms with Gasteiger partial charge in [0.2, 0.25) is 5.91 Å². The smallest absolute Gasteiger partial charge is 0.227 e. The first-order valence-electron chi connectivity index (χ1n) is 6.18. The third-order valence-electron chi connectivity index (χ3n) is 3.21. The van der Waals surface area contributed by atoms with Crippen molar-refractivity contribution in [2.45, 2.75) is 26.3 Å². The molecule has 0 bridgehead atoms. The normalized spacial score (nSPS) is 19.1. The number of rotatable bonds is 3. The molecule has 1 aromatic rings. The van der Waals surface area contributed by atoms with Crippen LogP contribution in [0.1, 0.15) is 22.6 Å². The van der Waals surface area contributed by atoms with E-state index in [0.717, 1.165) is 32.5 Å². The van der Waals surface area contributed by atoms with Gasteiger partial charge < -0.3 is 10.2 Å². The van der Waals surface area contributed by atoms with E-state index in [1.54, 1.807) is 11.3 Å². The van der Waals surface area contributed by atoms with Gasteiger partial charge in [-0.1, -0.05) is 0 Å². The van der Waals surface area contributed by atoms with E-state index in [9.17, 15) is 4.79 Å². The Morgan fingerprint density at radius 1 is 1.56 bits per heavy atom. The Hall–Kier alpha value is -0.580. The topological polar surface area (TPSA) is 32.3 Å². The van der Waals surface area contributed by atoms with Crippen LogP contribution in [0.4, 0.5) is 0 Å². The van der Waals surface area contributed by atoms with E-state index in [2.05, 4.69) is 24.4 Å². The van der Waals surface area contributed by atoms with Gasteiger partial charge in [0.1, 0.15) is 0 Å². The van der Waals surface area contributed by atoms with Crippen LogP contribution in [0.25, 0.3) is 0 Å². The third-order valence-corrected chi connectivity index (χ3v) is 4.20. The fraction of sp³-hybridized carbons (Fsp3) is 0.615. The molecular formula is C13H21ClN2OS. The van der Waals surface area contributed by atoms with Gasteiger partial charge in [0.25, 0.3) is 0 Å². The van der Waals surface area contributed by atoms with Crippen LogP contribution in [0.5, 0.6) is 0 Å². The monoisotopic (exact) mass is 288 g/mol. The second-order valence-electron chi connectivity index (χ2n) is 4.75. The molecule has 0 radical (unpaired) electrons. The lowest BCUT2D eigenvalue weighted by molar-refractivity contribution is -0.135. The van der Waals surface area contributed by atoms with Crippen LogP contribution in [-0.2, 0) is 11.3 Å². The lowest BCUT2D eigenvalue weighted by atomic mass is 9.98. The number of halogens is 1. The van der Waals surface area contributed by atoms with Gasteiger partial charge in [-0.3, -0.25) is 4.79 Å². The number of hydrogen-bond acceptors (Lipinski definition) is 3. The highest BCUT2D eigenvalue weighted by molar-refractivity contribution is 7.11. The summed E-state index contributed by atoms with van der Waals surface area (Å²) in [7, 11) is 1.91. The number of nitrogens with one attached hydrogen (secondary N) is 1. The molecule has 0 spiro atoms. The largest absolute Gasteiger partial charge is 0.340 e. The Morgan fingerprint density at radius 2 is 2.33 bits per heavy atom. The molecule has 18 heavy (non-hydrogen) atoms. The molecule has 5 heteroatoms. The molecule has 1 aliphatic heterocycles. The van der Waals surface area contributed by atoms with Crippen molar-refractivity contribution >= 4 is 29.7 Å². The van der Waals surface area contributed by atoms with Crippen LogP contribution in [-0.4, -0.2) is 30.9 Å². The summed E-state index contributed by atoms with van der Waals surface area (Å²) in [4.78, 5) is 16.6. The summed E-state index contributed by atoms with van der Waals surface area (Å²) >= 11 is 1.77. The molecule has 0 aromatic carbocycles. The maximum absolute atomic E-state index is 12.2. The number of aryl methyl sites for hydroxylation is 1. The molecule has 1 N–H and O–H groups in total. The predicted molar refractivity (Wildman–Crippen MR) is 78.4 cm³/mol. The first kappa shape index (κ1) is 15.5. The first-order chi connectivity index (χ1) is 8.16. The van der Waals surface area contributed by atoms with Crippen LogP contribution in [0.2, 0.25) is 0 Å². The zero-order valence-corrected chi connectivity index (χ0v) is 12.6. The van der Waals surface area contributed by atoms with Crippen LogP contribution < -0.4 is 5.32 Å². The molecule has 1 unspecified atom stereocenters. The van der Waals surface area contributed by atoms with Gasteiger partial charge in [0.05, 0.1) is 12.5 Å². The maximum Gasteiger partial charge on any atom is 0.227 e. The third kappa shape index (κ3) is 3.97. The van der Waals surface area contributed by atoms with Crippen molar-refractivity contribution in [3.63, 3.8) is 0 Å². The molecular weight excluding hydrogens is 268 g/mol. The number of carbonyl (C=O) groups is 1. The van der Waals surface area contributed by atoms with Gasteiger partial charge in [-0.15, -0.1) is 23.7 Å². The van der Waals surface area contributed by atoms with Gasteiger partial charge in [0.15, 0.2) is 0 Å². The SMILES string of the molecule is Cc1ccc(CN(C)C(=O)C2CCCNC2)s1.Cl. The molecule has 1 aliphatic rings. The van der Waals surface area contributed by atoms with Crippen molar-refractivity contribution < 1.29 is 4.79 Å². The van der Waals surface area contributed by atoms with E-state index in [-0.39, 0.29) is 24.2 Å². The highest BCUT2D eigenvalue weighted by Gasteiger charge is 2.23. The summed E-state index contributed by atoms with van der Waals surface area (Å²) in [5.41, 5.74) is 0. The standard InChI is InChI=1S/C13H20N2OS.ClH/c1-10-5-6-12(17-10)9-15(2)13(16)11-4-3-7-14-8-11;/h5-6,11,14H,3-4,7-9H2,1-2H3;1H. The second-order valence-corrected chi connectivity index (χ2v) is 6.12. The molecule has 0 saturated carbocycles. The van der Waals surface area contributed by atoms with E-state index in [0.29, 0.717) is 0 Å². The quantitative estimate of drug-likeness (QED) is 0.926. The van der Waals surface area contributed by atoms with E-state index < -0.39 is 0 Å². The van der Waals surface area contributed by atoms with Gasteiger partial charge in [0, 0.05) is 23.3 Å². The summed E-state index contributed by atoms with van der Waals surface area (Å²) in [6.45, 7) is 4.74. The minimum absolute atomic E-state index is 0. The van der Waals surface area contributed by atoms with Gasteiger partial charge >= 0.3 is 0 Å². The Morgan fingerprint density at radius 3 is 2.89 bits per heavy atom. The van der Waals surface area contributed by atoms with Crippen LogP contribution >= 0.6 is 23.7 Å². The van der Waals surface area contributed by atoms with Crippen LogP contribution in [0.3, 0.4) is 0 Å². The maximum atomic E-state index is 12.2. The van der Waals surface area contributed by atoms with Crippen LogP contribution in [0, 0.1) is 12.8 Å². The number of carbonyl (C=O) groups excluding carboxylic acids is 1. The Balaban J connectivity index is 0.00000162. The molecule has 3 nitrogen and oxygen atoms in total. The van der Waals surface area contributed by atoms with Crippen molar-refractivity contribution in [2.24, 2.45) is 5.92 Å². The van der Waals surface area contributed by atoms with Crippen LogP contribution in [0.15, 0.2) is 12.1 Å². The van der Waals surface area contributed by atoms with E-state index in [1.165, 1.54) is 9.75 Å². The fourth-order valence-electron chi connectivity index (χ4n) is 2.26. The average Bonchev–Trinajstić information content (AvgIpc) is 2.75. The fourth-order valence-corrected chi connectivity index (χ4v) is 3.20. The summed E-state index contributed by atoms with van der Waals surface area (Å²) in [5.74, 6) is 0.457. The van der Waals surface area contributed by atoms with Crippen molar-refractivity contribution in [2.75, 3.05) is 20.1 Å². The molecule has 1 saturated heterocycles. The molecule has 1 atom stereocenters. The molecule has 1 fully saturated rings. The Kier molecular flexibility index (Phi) is 6.12. The zero-order chi connectivity index (χ0) is 12.3. The van der Waals surface area contributed by atoms with Crippen molar-refractivity contribution in [1.82, 2.24) is 10.2 Å². The number of nitrogens with zero attached hydrogens (tertiary/aromatic N) is 1. The van der Waals surface area contributed by atoms with Gasteiger partial charge in [-0.05, 0) is 38.4 Å². The van der Waals surface area contributed by atoms with Crippen molar-refractivity contribution in [3.8, 4) is 0 Å². The number of piperidine rings is 1. The lowest BCUT2D eigenvalue weighted by Gasteiger charge is -2.26. The molecule has 0 aliphatic carbocycles. The van der Waals surface area contributed by atoms with Gasteiger partial charge in [-0.2, -0.15) is 0 Å². The highest BCUT2D eigenvalue weighted by atomic mass is 35.5. The highest BCUT2D eigenvalue weighted by Crippen LogP contribution is 2.19. The van der Waals surface area contributed by atoms with Gasteiger partial charge in [-0.25, -0.2) is 0 Å². The molecule has 1 amide bonds. The summed E-state index contributed by atoms with van der Waals surface area (Å²) in [6, 6.07) is 4.23. The molecule has 2 heterocycles. The zero-order valence-electron chi connectivity index (χ0n) is 10.9. The number of thiophene rings is 1. The molecule has 2 rings (SSSR count). The number of amides is 1. The number of hydrogen-bond donors (Lipinski definition) is 1. The molecule has 102 valence electrons. The lowest BCUT2D eigenvalue weighted by Crippen LogP contribution is -2.41.